The first kappa shape index (κ1) is 8.71. The molecule has 0 aromatic carbocycles. The Balaban J connectivity index is 2.52. The summed E-state index contributed by atoms with van der Waals surface area (Å²) in [5, 5.41) is 0. The topological polar surface area (TPSA) is 22.1 Å². The molecule has 1 rings (SSSR count). The second-order valence-electron chi connectivity index (χ2n) is 2.19. The van der Waals surface area contributed by atoms with E-state index in [1.54, 1.807) is 6.07 Å². The van der Waals surface area contributed by atoms with E-state index < -0.39 is 5.95 Å². The highest BCUT2D eigenvalue weighted by Gasteiger charge is 1.94. The smallest absolute Gasteiger partial charge is 0.216 e. The molecule has 0 aliphatic rings. The van der Waals surface area contributed by atoms with Crippen LogP contribution < -0.4 is 4.74 Å². The molecule has 0 fully saturated rings. The molecule has 12 heavy (non-hydrogen) atoms. The summed E-state index contributed by atoms with van der Waals surface area (Å²) in [6.45, 7) is 2.36. The molecule has 0 spiro atoms. The van der Waals surface area contributed by atoms with E-state index in [4.69, 9.17) is 4.74 Å². The molecule has 3 heteroatoms. The minimum Gasteiger partial charge on any atom is -0.489 e. The van der Waals surface area contributed by atoms with E-state index in [0.717, 1.165) is 0 Å². The van der Waals surface area contributed by atoms with Gasteiger partial charge >= 0.3 is 0 Å². The van der Waals surface area contributed by atoms with Crippen molar-refractivity contribution in [3.05, 3.63) is 36.4 Å². The van der Waals surface area contributed by atoms with Crippen molar-refractivity contribution in [2.75, 3.05) is 6.61 Å². The highest BCUT2D eigenvalue weighted by Crippen LogP contribution is 2.09. The van der Waals surface area contributed by atoms with E-state index in [1.807, 2.05) is 19.1 Å². The van der Waals surface area contributed by atoms with Crippen LogP contribution in [0.2, 0.25) is 0 Å². The summed E-state index contributed by atoms with van der Waals surface area (Å²) >= 11 is 0. The van der Waals surface area contributed by atoms with Gasteiger partial charge in [0.1, 0.15) is 12.4 Å². The number of nitrogens with zero attached hydrogens (tertiary/aromatic N) is 1. The van der Waals surface area contributed by atoms with Crippen LogP contribution in [0.4, 0.5) is 4.39 Å². The lowest BCUT2D eigenvalue weighted by Gasteiger charge is -2.00. The van der Waals surface area contributed by atoms with Gasteiger partial charge in [0.05, 0.1) is 0 Å². The van der Waals surface area contributed by atoms with Crippen molar-refractivity contribution in [2.24, 2.45) is 0 Å². The fraction of sp³-hybridized carbons (Fsp3) is 0.222. The Hall–Kier alpha value is -1.38. The van der Waals surface area contributed by atoms with E-state index in [-0.39, 0.29) is 0 Å². The third-order valence-corrected chi connectivity index (χ3v) is 1.28. The average molecular weight is 167 g/mol. The molecule has 0 atom stereocenters. The van der Waals surface area contributed by atoms with Crippen LogP contribution in [0.1, 0.15) is 6.92 Å². The van der Waals surface area contributed by atoms with E-state index >= 15 is 0 Å². The zero-order valence-corrected chi connectivity index (χ0v) is 6.83. The number of pyridine rings is 1. The molecule has 0 saturated heterocycles. The Kier molecular flexibility index (Phi) is 3.26. The molecule has 1 heterocycles. The minimum absolute atomic E-state index is 0.458. The number of halogens is 1. The lowest BCUT2D eigenvalue weighted by Crippen LogP contribution is -1.94. The number of rotatable bonds is 3. The third-order valence-electron chi connectivity index (χ3n) is 1.28. The Labute approximate surface area is 70.7 Å². The fourth-order valence-corrected chi connectivity index (χ4v) is 0.715. The molecule has 0 aliphatic heterocycles. The maximum absolute atomic E-state index is 12.5. The largest absolute Gasteiger partial charge is 0.489 e. The van der Waals surface area contributed by atoms with Gasteiger partial charge in [0.25, 0.3) is 0 Å². The molecule has 0 radical (unpaired) electrons. The Morgan fingerprint density at radius 1 is 1.67 bits per heavy atom. The van der Waals surface area contributed by atoms with Gasteiger partial charge in [-0.05, 0) is 13.0 Å². The summed E-state index contributed by atoms with van der Waals surface area (Å²) in [6.07, 6.45) is 5.09. The zero-order chi connectivity index (χ0) is 8.81. The second-order valence-corrected chi connectivity index (χ2v) is 2.19. The molecule has 0 N–H and O–H groups in total. The van der Waals surface area contributed by atoms with Crippen LogP contribution in [0.5, 0.6) is 5.75 Å². The average Bonchev–Trinajstić information content (AvgIpc) is 2.05. The Morgan fingerprint density at radius 3 is 3.17 bits per heavy atom. The first-order valence-corrected chi connectivity index (χ1v) is 3.68. The van der Waals surface area contributed by atoms with Gasteiger partial charge in [-0.25, -0.2) is 4.98 Å². The van der Waals surface area contributed by atoms with E-state index in [1.165, 1.54) is 12.3 Å². The molecule has 0 unspecified atom stereocenters. The summed E-state index contributed by atoms with van der Waals surface area (Å²) in [4.78, 5) is 3.40. The normalized spacial score (nSPS) is 10.5. The lowest BCUT2D eigenvalue weighted by atomic mass is 10.4. The Morgan fingerprint density at radius 2 is 2.50 bits per heavy atom. The SMILES string of the molecule is C/C=C/COc1ccnc(F)c1. The molecule has 1 aromatic heterocycles. The molecule has 0 saturated carbocycles. The van der Waals surface area contributed by atoms with E-state index in [2.05, 4.69) is 4.98 Å². The van der Waals surface area contributed by atoms with Crippen LogP contribution in [-0.4, -0.2) is 11.6 Å². The first-order valence-electron chi connectivity index (χ1n) is 3.68. The summed E-state index contributed by atoms with van der Waals surface area (Å²) in [5.74, 6) is -0.0198. The summed E-state index contributed by atoms with van der Waals surface area (Å²) in [5.41, 5.74) is 0. The van der Waals surface area contributed by atoms with Gasteiger partial charge in [-0.15, -0.1) is 0 Å². The number of aromatic nitrogens is 1. The maximum Gasteiger partial charge on any atom is 0.216 e. The van der Waals surface area contributed by atoms with Crippen molar-refractivity contribution in [2.45, 2.75) is 6.92 Å². The highest BCUT2D eigenvalue weighted by atomic mass is 19.1. The van der Waals surface area contributed by atoms with Crippen LogP contribution in [-0.2, 0) is 0 Å². The van der Waals surface area contributed by atoms with Gasteiger partial charge in [0.2, 0.25) is 5.95 Å². The van der Waals surface area contributed by atoms with Gasteiger partial charge in [-0.2, -0.15) is 4.39 Å². The number of ether oxygens (including phenoxy) is 1. The summed E-state index contributed by atoms with van der Waals surface area (Å²) in [7, 11) is 0. The molecule has 0 aliphatic carbocycles. The summed E-state index contributed by atoms with van der Waals surface area (Å²) < 4.78 is 17.6. The van der Waals surface area contributed by atoms with Crippen molar-refractivity contribution < 1.29 is 9.13 Å². The molecule has 2 nitrogen and oxygen atoms in total. The van der Waals surface area contributed by atoms with Crippen LogP contribution in [0.3, 0.4) is 0 Å². The quantitative estimate of drug-likeness (QED) is 0.508. The van der Waals surface area contributed by atoms with Gasteiger partial charge in [0.15, 0.2) is 0 Å². The van der Waals surface area contributed by atoms with Crippen LogP contribution in [0.15, 0.2) is 30.5 Å². The van der Waals surface area contributed by atoms with Crippen LogP contribution in [0, 0.1) is 5.95 Å². The van der Waals surface area contributed by atoms with Crippen LogP contribution >= 0.6 is 0 Å². The van der Waals surface area contributed by atoms with Crippen molar-refractivity contribution in [1.29, 1.82) is 0 Å². The van der Waals surface area contributed by atoms with E-state index in [0.29, 0.717) is 12.4 Å². The predicted octanol–water partition coefficient (Wildman–Crippen LogP) is 2.18. The summed E-state index contributed by atoms with van der Waals surface area (Å²) in [6, 6.07) is 2.87. The third kappa shape index (κ3) is 2.70. The van der Waals surface area contributed by atoms with Crippen molar-refractivity contribution in [3.8, 4) is 5.75 Å². The maximum atomic E-state index is 12.5. The zero-order valence-electron chi connectivity index (χ0n) is 6.83. The standard InChI is InChI=1S/C9H10FNO/c1-2-3-6-12-8-4-5-11-9(10)7-8/h2-5,7H,6H2,1H3/b3-2+. The number of hydrogen-bond donors (Lipinski definition) is 0. The fourth-order valence-electron chi connectivity index (χ4n) is 0.715. The molecule has 1 aromatic rings. The van der Waals surface area contributed by atoms with Crippen molar-refractivity contribution in [3.63, 3.8) is 0 Å². The van der Waals surface area contributed by atoms with Crippen LogP contribution in [0.25, 0.3) is 0 Å². The van der Waals surface area contributed by atoms with Gasteiger partial charge in [-0.1, -0.05) is 12.2 Å². The monoisotopic (exact) mass is 167 g/mol. The van der Waals surface area contributed by atoms with Gasteiger partial charge in [0, 0.05) is 12.3 Å². The van der Waals surface area contributed by atoms with E-state index in [9.17, 15) is 4.39 Å². The minimum atomic E-state index is -0.520. The van der Waals surface area contributed by atoms with Crippen molar-refractivity contribution >= 4 is 0 Å². The number of hydrogen-bond acceptors (Lipinski definition) is 2. The van der Waals surface area contributed by atoms with Gasteiger partial charge < -0.3 is 4.74 Å². The molecule has 0 amide bonds. The second kappa shape index (κ2) is 4.49. The first-order chi connectivity index (χ1) is 5.83. The number of allylic oxidation sites excluding steroid dienone is 1. The molecular formula is C9H10FNO. The molecule has 64 valence electrons. The molecule has 0 bridgehead atoms. The van der Waals surface area contributed by atoms with Crippen molar-refractivity contribution in [1.82, 2.24) is 4.98 Å². The highest BCUT2D eigenvalue weighted by molar-refractivity contribution is 5.18. The van der Waals surface area contributed by atoms with Gasteiger partial charge in [-0.3, -0.25) is 0 Å². The predicted molar refractivity (Wildman–Crippen MR) is 44.5 cm³/mol. The lowest BCUT2D eigenvalue weighted by molar-refractivity contribution is 0.359. The molecular weight excluding hydrogens is 157 g/mol. The Bertz CT molecular complexity index is 273.